The molecule has 0 atom stereocenters. The minimum Gasteiger partial charge on any atom is -0.455 e. The van der Waals surface area contributed by atoms with Crippen LogP contribution in [0.25, 0.3) is 100 Å². The lowest BCUT2D eigenvalue weighted by Gasteiger charge is -2.11. The Balaban J connectivity index is 1.11. The molecule has 0 aliphatic carbocycles. The van der Waals surface area contributed by atoms with Gasteiger partial charge in [-0.25, -0.2) is 15.0 Å². The van der Waals surface area contributed by atoms with Crippen LogP contribution in [0.5, 0.6) is 0 Å². The molecule has 2 heterocycles. The van der Waals surface area contributed by atoms with Crippen LogP contribution < -0.4 is 0 Å². The topological polar surface area (TPSA) is 51.8 Å². The Morgan fingerprint density at radius 2 is 0.811 bits per heavy atom. The molecule has 4 heteroatoms. The molecular weight excluding hydrogens is 647 g/mol. The molecule has 0 saturated heterocycles. The molecule has 248 valence electrons. The maximum Gasteiger partial charge on any atom is 0.164 e. The third-order valence-corrected chi connectivity index (χ3v) is 9.96. The van der Waals surface area contributed by atoms with Crippen molar-refractivity contribution in [3.8, 4) is 67.5 Å². The molecule has 0 bridgehead atoms. The lowest BCUT2D eigenvalue weighted by molar-refractivity contribution is 0.670. The molecule has 0 fully saturated rings. The summed E-state index contributed by atoms with van der Waals surface area (Å²) < 4.78 is 6.68. The molecule has 8 aromatic carbocycles. The highest BCUT2D eigenvalue weighted by atomic mass is 16.3. The lowest BCUT2D eigenvalue weighted by Crippen LogP contribution is -2.00. The van der Waals surface area contributed by atoms with Gasteiger partial charge in [0.1, 0.15) is 11.2 Å². The molecule has 0 aliphatic rings. The molecule has 0 unspecified atom stereocenters. The van der Waals surface area contributed by atoms with Gasteiger partial charge in [-0.05, 0) is 62.9 Å². The molecule has 10 rings (SSSR count). The smallest absolute Gasteiger partial charge is 0.164 e. The van der Waals surface area contributed by atoms with Crippen molar-refractivity contribution in [3.63, 3.8) is 0 Å². The fraction of sp³-hybridized carbons (Fsp3) is 0. The first-order valence-electron chi connectivity index (χ1n) is 17.8. The van der Waals surface area contributed by atoms with Crippen LogP contribution in [-0.4, -0.2) is 15.0 Å². The molecular formula is C49H31N3O. The predicted molar refractivity (Wildman–Crippen MR) is 217 cm³/mol. The average Bonchev–Trinajstić information content (AvgIpc) is 3.64. The molecule has 2 aromatic heterocycles. The summed E-state index contributed by atoms with van der Waals surface area (Å²) in [5.74, 6) is 1.82. The molecule has 10 aromatic rings. The quantitative estimate of drug-likeness (QED) is 0.176. The fourth-order valence-electron chi connectivity index (χ4n) is 7.24. The van der Waals surface area contributed by atoms with Gasteiger partial charge in [-0.2, -0.15) is 0 Å². The summed E-state index contributed by atoms with van der Waals surface area (Å²) >= 11 is 0. The molecule has 0 amide bonds. The molecule has 0 spiro atoms. The maximum atomic E-state index is 6.68. The first kappa shape index (κ1) is 30.6. The Hall–Kier alpha value is -7.17. The van der Waals surface area contributed by atoms with Gasteiger partial charge in [-0.1, -0.05) is 164 Å². The zero-order chi connectivity index (χ0) is 35.1. The number of hydrogen-bond acceptors (Lipinski definition) is 4. The van der Waals surface area contributed by atoms with E-state index in [4.69, 9.17) is 19.4 Å². The van der Waals surface area contributed by atoms with E-state index < -0.39 is 0 Å². The standard InChI is InChI=1S/C49H31N3O/c1-3-11-32(12-4-1)34-21-26-38(27-22-34)48-50-47(37-14-5-2-6-15-37)51-49(52-48)43-30-29-41(46-45(43)42-17-9-10-18-44(42)53-46)36-24-19-35(20-25-36)40-28-23-33-13-7-8-16-39(33)31-40/h1-31H. The van der Waals surface area contributed by atoms with Gasteiger partial charge in [-0.3, -0.25) is 0 Å². The largest absolute Gasteiger partial charge is 0.455 e. The van der Waals surface area contributed by atoms with E-state index >= 15 is 0 Å². The second-order valence-corrected chi connectivity index (χ2v) is 13.2. The number of hydrogen-bond donors (Lipinski definition) is 0. The SMILES string of the molecule is c1ccc(-c2ccc(-c3nc(-c4ccccc4)nc(-c4ccc(-c5ccc(-c6ccc7ccccc7c6)cc5)c5oc6ccccc6c45)n3)cc2)cc1. The number of fused-ring (bicyclic) bond motifs is 4. The van der Waals surface area contributed by atoms with E-state index in [0.717, 1.165) is 60.9 Å². The van der Waals surface area contributed by atoms with Gasteiger partial charge < -0.3 is 4.42 Å². The van der Waals surface area contributed by atoms with Crippen LogP contribution in [-0.2, 0) is 0 Å². The Morgan fingerprint density at radius 1 is 0.321 bits per heavy atom. The summed E-state index contributed by atoms with van der Waals surface area (Å²) in [6, 6.07) is 65.2. The van der Waals surface area contributed by atoms with Gasteiger partial charge >= 0.3 is 0 Å². The van der Waals surface area contributed by atoms with Crippen molar-refractivity contribution < 1.29 is 4.42 Å². The first-order valence-corrected chi connectivity index (χ1v) is 17.8. The zero-order valence-electron chi connectivity index (χ0n) is 28.6. The summed E-state index contributed by atoms with van der Waals surface area (Å²) in [5.41, 5.74) is 11.1. The van der Waals surface area contributed by atoms with Crippen molar-refractivity contribution in [2.24, 2.45) is 0 Å². The van der Waals surface area contributed by atoms with Crippen molar-refractivity contribution in [2.45, 2.75) is 0 Å². The highest BCUT2D eigenvalue weighted by Gasteiger charge is 2.21. The number of benzene rings is 8. The Kier molecular flexibility index (Phi) is 7.43. The minimum atomic E-state index is 0.593. The summed E-state index contributed by atoms with van der Waals surface area (Å²) in [4.78, 5) is 15.3. The second-order valence-electron chi connectivity index (χ2n) is 13.2. The summed E-state index contributed by atoms with van der Waals surface area (Å²) in [6.07, 6.45) is 0. The monoisotopic (exact) mass is 677 g/mol. The van der Waals surface area contributed by atoms with Crippen molar-refractivity contribution in [1.82, 2.24) is 15.0 Å². The van der Waals surface area contributed by atoms with Crippen LogP contribution >= 0.6 is 0 Å². The van der Waals surface area contributed by atoms with Crippen LogP contribution in [0.2, 0.25) is 0 Å². The van der Waals surface area contributed by atoms with E-state index in [1.54, 1.807) is 0 Å². The number of nitrogens with zero attached hydrogens (tertiary/aromatic N) is 3. The summed E-state index contributed by atoms with van der Waals surface area (Å²) in [6.45, 7) is 0. The predicted octanol–water partition coefficient (Wildman–Crippen LogP) is 12.9. The number of para-hydroxylation sites is 1. The van der Waals surface area contributed by atoms with E-state index in [1.165, 1.54) is 21.9 Å². The van der Waals surface area contributed by atoms with Gasteiger partial charge in [0.25, 0.3) is 0 Å². The highest BCUT2D eigenvalue weighted by molar-refractivity contribution is 6.15. The Labute approximate surface area is 306 Å². The third-order valence-electron chi connectivity index (χ3n) is 9.96. The summed E-state index contributed by atoms with van der Waals surface area (Å²) in [5, 5.41) is 4.46. The van der Waals surface area contributed by atoms with Gasteiger partial charge in [0.05, 0.1) is 0 Å². The van der Waals surface area contributed by atoms with E-state index in [0.29, 0.717) is 17.5 Å². The molecule has 0 N–H and O–H groups in total. The van der Waals surface area contributed by atoms with Crippen LogP contribution in [0.15, 0.2) is 192 Å². The van der Waals surface area contributed by atoms with Gasteiger partial charge in [0.2, 0.25) is 0 Å². The minimum absolute atomic E-state index is 0.593. The lowest BCUT2D eigenvalue weighted by atomic mass is 9.95. The average molecular weight is 678 g/mol. The number of aromatic nitrogens is 3. The molecule has 53 heavy (non-hydrogen) atoms. The molecule has 0 radical (unpaired) electrons. The van der Waals surface area contributed by atoms with Crippen molar-refractivity contribution in [1.29, 1.82) is 0 Å². The van der Waals surface area contributed by atoms with Crippen LogP contribution in [0.1, 0.15) is 0 Å². The molecule has 0 saturated carbocycles. The van der Waals surface area contributed by atoms with Crippen LogP contribution in [0, 0.1) is 0 Å². The van der Waals surface area contributed by atoms with E-state index in [2.05, 4.69) is 140 Å². The van der Waals surface area contributed by atoms with Gasteiger partial charge in [0.15, 0.2) is 17.5 Å². The third kappa shape index (κ3) is 5.63. The fourth-order valence-corrected chi connectivity index (χ4v) is 7.24. The summed E-state index contributed by atoms with van der Waals surface area (Å²) in [7, 11) is 0. The van der Waals surface area contributed by atoms with Crippen molar-refractivity contribution in [3.05, 3.63) is 188 Å². The molecule has 0 aliphatic heterocycles. The van der Waals surface area contributed by atoms with Crippen molar-refractivity contribution >= 4 is 32.7 Å². The van der Waals surface area contributed by atoms with Crippen LogP contribution in [0.4, 0.5) is 0 Å². The molecule has 4 nitrogen and oxygen atoms in total. The van der Waals surface area contributed by atoms with Crippen molar-refractivity contribution in [2.75, 3.05) is 0 Å². The maximum absolute atomic E-state index is 6.68. The number of rotatable bonds is 6. The second kappa shape index (κ2) is 12.9. The Morgan fingerprint density at radius 3 is 1.55 bits per heavy atom. The highest BCUT2D eigenvalue weighted by Crippen LogP contribution is 2.42. The number of furan rings is 1. The van der Waals surface area contributed by atoms with E-state index in [1.807, 2.05) is 48.5 Å². The van der Waals surface area contributed by atoms with E-state index in [9.17, 15) is 0 Å². The zero-order valence-corrected chi connectivity index (χ0v) is 28.6. The Bertz CT molecular complexity index is 2910. The van der Waals surface area contributed by atoms with Gasteiger partial charge in [0, 0.05) is 33.0 Å². The van der Waals surface area contributed by atoms with Crippen LogP contribution in [0.3, 0.4) is 0 Å². The van der Waals surface area contributed by atoms with E-state index in [-0.39, 0.29) is 0 Å². The normalized spacial score (nSPS) is 11.4. The first-order chi connectivity index (χ1) is 26.2. The van der Waals surface area contributed by atoms with Gasteiger partial charge in [-0.15, -0.1) is 0 Å².